The van der Waals surface area contributed by atoms with Gasteiger partial charge in [-0.15, -0.1) is 11.3 Å². The lowest BCUT2D eigenvalue weighted by Gasteiger charge is -2.13. The van der Waals surface area contributed by atoms with Crippen LogP contribution in [-0.4, -0.2) is 18.0 Å². The van der Waals surface area contributed by atoms with Crippen molar-refractivity contribution in [2.24, 2.45) is 0 Å². The molecule has 0 saturated carbocycles. The first-order valence-corrected chi connectivity index (χ1v) is 7.47. The number of furan rings is 1. The van der Waals surface area contributed by atoms with E-state index in [9.17, 15) is 0 Å². The molecule has 19 heavy (non-hydrogen) atoms. The number of hydrogen-bond acceptors (Lipinski definition) is 4. The average molecular weight is 278 g/mol. The summed E-state index contributed by atoms with van der Waals surface area (Å²) in [5, 5.41) is 3.45. The summed E-state index contributed by atoms with van der Waals surface area (Å²) in [7, 11) is 2.12. The smallest absolute Gasteiger partial charge is 0.117 e. The molecule has 0 aromatic carbocycles. The monoisotopic (exact) mass is 278 g/mol. The summed E-state index contributed by atoms with van der Waals surface area (Å²) < 4.78 is 5.36. The molecule has 1 N–H and O–H groups in total. The molecule has 0 radical (unpaired) electrons. The van der Waals surface area contributed by atoms with Crippen LogP contribution in [0, 0.1) is 0 Å². The number of nitrogens with one attached hydrogen (secondary N) is 1. The first-order chi connectivity index (χ1) is 9.13. The maximum Gasteiger partial charge on any atom is 0.117 e. The number of thiophene rings is 1. The van der Waals surface area contributed by atoms with Crippen molar-refractivity contribution in [2.45, 2.75) is 39.5 Å². The zero-order valence-electron chi connectivity index (χ0n) is 11.8. The summed E-state index contributed by atoms with van der Waals surface area (Å²) >= 11 is 1.88. The van der Waals surface area contributed by atoms with Crippen molar-refractivity contribution in [1.82, 2.24) is 10.2 Å². The standard InChI is InChI=1S/C15H22N2OS/c1-12(2)16-9-14-6-7-15(19-14)11-17(3)10-13-5-4-8-18-13/h4-8,12,16H,9-11H2,1-3H3. The largest absolute Gasteiger partial charge is 0.468 e. The van der Waals surface area contributed by atoms with Crippen LogP contribution in [0.3, 0.4) is 0 Å². The molecule has 0 bridgehead atoms. The maximum absolute atomic E-state index is 5.36. The third kappa shape index (κ3) is 4.82. The number of hydrogen-bond donors (Lipinski definition) is 1. The second kappa shape index (κ2) is 6.89. The van der Waals surface area contributed by atoms with Crippen LogP contribution in [0.4, 0.5) is 0 Å². The van der Waals surface area contributed by atoms with Gasteiger partial charge in [-0.3, -0.25) is 4.90 Å². The molecule has 4 heteroatoms. The minimum absolute atomic E-state index is 0.534. The maximum atomic E-state index is 5.36. The minimum atomic E-state index is 0.534. The highest BCUT2D eigenvalue weighted by atomic mass is 32.1. The fourth-order valence-electron chi connectivity index (χ4n) is 1.90. The Kier molecular flexibility index (Phi) is 5.19. The summed E-state index contributed by atoms with van der Waals surface area (Å²) in [6, 6.07) is 8.93. The summed E-state index contributed by atoms with van der Waals surface area (Å²) in [5.74, 6) is 1.01. The van der Waals surface area contributed by atoms with Gasteiger partial charge in [0.25, 0.3) is 0 Å². The van der Waals surface area contributed by atoms with E-state index in [1.54, 1.807) is 6.26 Å². The molecule has 0 aliphatic rings. The van der Waals surface area contributed by atoms with Gasteiger partial charge in [-0.2, -0.15) is 0 Å². The molecule has 0 fully saturated rings. The van der Waals surface area contributed by atoms with Crippen molar-refractivity contribution >= 4 is 11.3 Å². The molecule has 0 saturated heterocycles. The Balaban J connectivity index is 1.82. The van der Waals surface area contributed by atoms with Gasteiger partial charge in [0, 0.05) is 28.9 Å². The van der Waals surface area contributed by atoms with Crippen LogP contribution in [0.1, 0.15) is 29.4 Å². The molecule has 0 aliphatic carbocycles. The van der Waals surface area contributed by atoms with E-state index in [2.05, 4.69) is 43.2 Å². The van der Waals surface area contributed by atoms with Gasteiger partial charge in [0.05, 0.1) is 12.8 Å². The average Bonchev–Trinajstić information content (AvgIpc) is 2.98. The number of rotatable bonds is 7. The van der Waals surface area contributed by atoms with E-state index in [1.165, 1.54) is 9.75 Å². The Morgan fingerprint density at radius 3 is 2.68 bits per heavy atom. The van der Waals surface area contributed by atoms with Crippen LogP contribution in [0.25, 0.3) is 0 Å². The Bertz CT molecular complexity index is 476. The van der Waals surface area contributed by atoms with E-state index in [0.717, 1.165) is 25.4 Å². The van der Waals surface area contributed by atoms with Gasteiger partial charge >= 0.3 is 0 Å². The SMILES string of the molecule is CC(C)NCc1ccc(CN(C)Cc2ccco2)s1. The van der Waals surface area contributed by atoms with Crippen LogP contribution in [0.5, 0.6) is 0 Å². The summed E-state index contributed by atoms with van der Waals surface area (Å²) in [6.45, 7) is 7.12. The Labute approximate surface area is 119 Å². The topological polar surface area (TPSA) is 28.4 Å². The first kappa shape index (κ1) is 14.3. The fraction of sp³-hybridized carbons (Fsp3) is 0.467. The Morgan fingerprint density at radius 1 is 1.21 bits per heavy atom. The number of nitrogens with zero attached hydrogens (tertiary/aromatic N) is 1. The van der Waals surface area contributed by atoms with Gasteiger partial charge in [0.2, 0.25) is 0 Å². The summed E-state index contributed by atoms with van der Waals surface area (Å²) in [4.78, 5) is 5.06. The molecule has 0 unspecified atom stereocenters. The molecule has 104 valence electrons. The molecule has 3 nitrogen and oxygen atoms in total. The highest BCUT2D eigenvalue weighted by Crippen LogP contribution is 2.18. The molecule has 0 spiro atoms. The van der Waals surface area contributed by atoms with E-state index >= 15 is 0 Å². The van der Waals surface area contributed by atoms with Crippen LogP contribution < -0.4 is 5.32 Å². The van der Waals surface area contributed by atoms with E-state index in [-0.39, 0.29) is 0 Å². The Morgan fingerprint density at radius 2 is 2.00 bits per heavy atom. The molecule has 2 aromatic rings. The van der Waals surface area contributed by atoms with Crippen LogP contribution in [-0.2, 0) is 19.6 Å². The molecular formula is C15H22N2OS. The van der Waals surface area contributed by atoms with Crippen molar-refractivity contribution in [1.29, 1.82) is 0 Å². The molecule has 2 aromatic heterocycles. The lowest BCUT2D eigenvalue weighted by molar-refractivity contribution is 0.290. The fourth-order valence-corrected chi connectivity index (χ4v) is 2.95. The predicted molar refractivity (Wildman–Crippen MR) is 80.2 cm³/mol. The van der Waals surface area contributed by atoms with Crippen molar-refractivity contribution in [3.05, 3.63) is 46.0 Å². The molecule has 0 atom stereocenters. The van der Waals surface area contributed by atoms with Gasteiger partial charge < -0.3 is 9.73 Å². The van der Waals surface area contributed by atoms with Crippen molar-refractivity contribution < 1.29 is 4.42 Å². The zero-order chi connectivity index (χ0) is 13.7. The van der Waals surface area contributed by atoms with E-state index in [0.29, 0.717) is 6.04 Å². The highest BCUT2D eigenvalue weighted by molar-refractivity contribution is 7.11. The molecule has 2 rings (SSSR count). The van der Waals surface area contributed by atoms with Crippen LogP contribution in [0.2, 0.25) is 0 Å². The quantitative estimate of drug-likeness (QED) is 0.840. The molecular weight excluding hydrogens is 256 g/mol. The van der Waals surface area contributed by atoms with Crippen LogP contribution in [0.15, 0.2) is 34.9 Å². The Hall–Kier alpha value is -1.10. The molecule has 2 heterocycles. The molecule has 0 aliphatic heterocycles. The summed E-state index contributed by atoms with van der Waals surface area (Å²) in [6.07, 6.45) is 1.73. The summed E-state index contributed by atoms with van der Waals surface area (Å²) in [5.41, 5.74) is 0. The van der Waals surface area contributed by atoms with E-state index < -0.39 is 0 Å². The lowest BCUT2D eigenvalue weighted by atomic mass is 10.3. The van der Waals surface area contributed by atoms with E-state index in [4.69, 9.17) is 4.42 Å². The highest BCUT2D eigenvalue weighted by Gasteiger charge is 2.06. The van der Waals surface area contributed by atoms with Gasteiger partial charge in [-0.25, -0.2) is 0 Å². The lowest BCUT2D eigenvalue weighted by Crippen LogP contribution is -2.21. The molecule has 0 amide bonds. The third-order valence-electron chi connectivity index (χ3n) is 2.83. The van der Waals surface area contributed by atoms with Crippen molar-refractivity contribution in [2.75, 3.05) is 7.05 Å². The first-order valence-electron chi connectivity index (χ1n) is 6.65. The van der Waals surface area contributed by atoms with Gasteiger partial charge in [-0.1, -0.05) is 13.8 Å². The minimum Gasteiger partial charge on any atom is -0.468 e. The third-order valence-corrected chi connectivity index (χ3v) is 3.90. The van der Waals surface area contributed by atoms with E-state index in [1.807, 2.05) is 23.5 Å². The predicted octanol–water partition coefficient (Wildman–Crippen LogP) is 3.47. The van der Waals surface area contributed by atoms with Crippen LogP contribution >= 0.6 is 11.3 Å². The van der Waals surface area contributed by atoms with Crippen molar-refractivity contribution in [3.8, 4) is 0 Å². The van der Waals surface area contributed by atoms with Gasteiger partial charge in [0.15, 0.2) is 0 Å². The normalized spacial score (nSPS) is 11.6. The van der Waals surface area contributed by atoms with Crippen molar-refractivity contribution in [3.63, 3.8) is 0 Å². The second-order valence-electron chi connectivity index (χ2n) is 5.16. The van der Waals surface area contributed by atoms with Gasteiger partial charge in [0.1, 0.15) is 5.76 Å². The van der Waals surface area contributed by atoms with Gasteiger partial charge in [-0.05, 0) is 31.3 Å². The second-order valence-corrected chi connectivity index (χ2v) is 6.41. The zero-order valence-corrected chi connectivity index (χ0v) is 12.7.